The quantitative estimate of drug-likeness (QED) is 0.853. The van der Waals surface area contributed by atoms with E-state index in [2.05, 4.69) is 21.2 Å². The van der Waals surface area contributed by atoms with E-state index < -0.39 is 12.0 Å². The molecule has 1 rings (SSSR count). The number of hydrogen-bond acceptors (Lipinski definition) is 3. The summed E-state index contributed by atoms with van der Waals surface area (Å²) >= 11 is 3.30. The monoisotopic (exact) mass is 350 g/mol. The minimum Gasteiger partial charge on any atom is -0.480 e. The van der Waals surface area contributed by atoms with E-state index in [0.29, 0.717) is 5.69 Å². The van der Waals surface area contributed by atoms with Gasteiger partial charge in [0.2, 0.25) is 5.91 Å². The van der Waals surface area contributed by atoms with Crippen molar-refractivity contribution in [1.29, 1.82) is 0 Å². The summed E-state index contributed by atoms with van der Waals surface area (Å²) in [6, 6.07) is 6.48. The van der Waals surface area contributed by atoms with E-state index >= 15 is 0 Å². The molecular formula is C12H16BrClN2O3. The molecule has 1 atom stereocenters. The molecule has 0 fully saturated rings. The highest BCUT2D eigenvalue weighted by molar-refractivity contribution is 9.10. The minimum absolute atomic E-state index is 0. The van der Waals surface area contributed by atoms with Gasteiger partial charge in [0.25, 0.3) is 0 Å². The van der Waals surface area contributed by atoms with Gasteiger partial charge in [-0.1, -0.05) is 15.9 Å². The molecular weight excluding hydrogens is 336 g/mol. The average Bonchev–Trinajstić information content (AvgIpc) is 2.30. The Bertz CT molecular complexity index is 439. The maximum atomic E-state index is 11.7. The number of halogens is 2. The van der Waals surface area contributed by atoms with Crippen LogP contribution in [0, 0.1) is 0 Å². The van der Waals surface area contributed by atoms with E-state index in [9.17, 15) is 9.59 Å². The number of carboxylic acid groups (broad SMARTS) is 1. The van der Waals surface area contributed by atoms with Crippen LogP contribution in [0.25, 0.3) is 0 Å². The normalized spacial score (nSPS) is 11.6. The number of nitrogens with zero attached hydrogens (tertiary/aromatic N) is 1. The smallest absolute Gasteiger partial charge is 0.320 e. The van der Waals surface area contributed by atoms with E-state index in [4.69, 9.17) is 5.11 Å². The van der Waals surface area contributed by atoms with Crippen LogP contribution in [0.4, 0.5) is 5.69 Å². The summed E-state index contributed by atoms with van der Waals surface area (Å²) < 4.78 is 0.928. The van der Waals surface area contributed by atoms with Gasteiger partial charge in [-0.3, -0.25) is 14.5 Å². The molecule has 0 saturated carbocycles. The second kappa shape index (κ2) is 8.14. The van der Waals surface area contributed by atoms with Crippen molar-refractivity contribution in [3.8, 4) is 0 Å². The van der Waals surface area contributed by atoms with Crippen LogP contribution in [0.2, 0.25) is 0 Å². The predicted molar refractivity (Wildman–Crippen MR) is 79.7 cm³/mol. The summed E-state index contributed by atoms with van der Waals surface area (Å²) in [7, 11) is 1.60. The Balaban J connectivity index is 0.00000324. The van der Waals surface area contributed by atoms with Crippen molar-refractivity contribution in [2.75, 3.05) is 18.9 Å². The molecule has 1 aromatic rings. The number of likely N-dealkylation sites (N-methyl/N-ethyl adjacent to an activating group) is 1. The molecule has 1 aromatic carbocycles. The van der Waals surface area contributed by atoms with E-state index in [1.165, 1.54) is 11.8 Å². The highest BCUT2D eigenvalue weighted by Gasteiger charge is 2.18. The zero-order chi connectivity index (χ0) is 13.7. The first-order valence-corrected chi connectivity index (χ1v) is 6.18. The molecule has 0 spiro atoms. The topological polar surface area (TPSA) is 69.6 Å². The number of anilines is 1. The van der Waals surface area contributed by atoms with Crippen molar-refractivity contribution in [2.45, 2.75) is 13.0 Å². The molecule has 0 bridgehead atoms. The van der Waals surface area contributed by atoms with Crippen LogP contribution in [0.5, 0.6) is 0 Å². The summed E-state index contributed by atoms with van der Waals surface area (Å²) in [5.74, 6) is -1.19. The molecule has 1 unspecified atom stereocenters. The number of carboxylic acids is 1. The van der Waals surface area contributed by atoms with Gasteiger partial charge in [-0.15, -0.1) is 12.4 Å². The van der Waals surface area contributed by atoms with Crippen molar-refractivity contribution in [2.24, 2.45) is 0 Å². The molecule has 7 heteroatoms. The molecule has 0 aliphatic carbocycles. The molecule has 0 radical (unpaired) electrons. The minimum atomic E-state index is -0.950. The maximum Gasteiger partial charge on any atom is 0.320 e. The third-order valence-electron chi connectivity index (χ3n) is 2.54. The Morgan fingerprint density at radius 1 is 1.37 bits per heavy atom. The first-order valence-electron chi connectivity index (χ1n) is 5.38. The van der Waals surface area contributed by atoms with Crippen LogP contribution in [-0.2, 0) is 9.59 Å². The fourth-order valence-corrected chi connectivity index (χ4v) is 1.55. The highest BCUT2D eigenvalue weighted by atomic mass is 79.9. The molecule has 0 saturated heterocycles. The summed E-state index contributed by atoms with van der Waals surface area (Å²) in [6.07, 6.45) is 0. The van der Waals surface area contributed by atoms with Crippen LogP contribution in [0.15, 0.2) is 28.7 Å². The Morgan fingerprint density at radius 3 is 2.37 bits per heavy atom. The van der Waals surface area contributed by atoms with E-state index in [1.54, 1.807) is 19.2 Å². The number of rotatable bonds is 5. The van der Waals surface area contributed by atoms with Gasteiger partial charge >= 0.3 is 5.97 Å². The van der Waals surface area contributed by atoms with E-state index in [-0.39, 0.29) is 24.9 Å². The van der Waals surface area contributed by atoms with Crippen molar-refractivity contribution in [3.63, 3.8) is 0 Å². The second-order valence-electron chi connectivity index (χ2n) is 3.98. The molecule has 19 heavy (non-hydrogen) atoms. The zero-order valence-corrected chi connectivity index (χ0v) is 13.0. The lowest BCUT2D eigenvalue weighted by molar-refractivity contribution is -0.142. The lowest BCUT2D eigenvalue weighted by Gasteiger charge is -2.20. The Labute approximate surface area is 126 Å². The molecule has 1 amide bonds. The van der Waals surface area contributed by atoms with E-state index in [0.717, 1.165) is 4.47 Å². The van der Waals surface area contributed by atoms with E-state index in [1.807, 2.05) is 12.1 Å². The molecule has 5 nitrogen and oxygen atoms in total. The fraction of sp³-hybridized carbons (Fsp3) is 0.333. The number of aliphatic carboxylic acids is 1. The van der Waals surface area contributed by atoms with Crippen LogP contribution in [0.1, 0.15) is 6.92 Å². The van der Waals surface area contributed by atoms with Gasteiger partial charge in [-0.2, -0.15) is 0 Å². The number of amides is 1. The van der Waals surface area contributed by atoms with Crippen molar-refractivity contribution < 1.29 is 14.7 Å². The van der Waals surface area contributed by atoms with Gasteiger partial charge in [0.1, 0.15) is 6.04 Å². The zero-order valence-electron chi connectivity index (χ0n) is 10.6. The molecule has 0 heterocycles. The summed E-state index contributed by atoms with van der Waals surface area (Å²) in [5, 5.41) is 11.5. The number of carbonyl (C=O) groups excluding carboxylic acids is 1. The SMILES string of the molecule is CC(C(=O)O)N(C)CC(=O)Nc1ccc(Br)cc1.Cl. The number of benzene rings is 1. The van der Waals surface area contributed by atoms with Gasteiger partial charge in [0.05, 0.1) is 6.54 Å². The lowest BCUT2D eigenvalue weighted by Crippen LogP contribution is -2.40. The average molecular weight is 352 g/mol. The first kappa shape index (κ1) is 17.9. The van der Waals surface area contributed by atoms with Gasteiger partial charge in [0, 0.05) is 10.2 Å². The summed E-state index contributed by atoms with van der Waals surface area (Å²) in [5.41, 5.74) is 0.680. The number of carbonyl (C=O) groups is 2. The lowest BCUT2D eigenvalue weighted by atomic mass is 10.3. The molecule has 106 valence electrons. The number of nitrogens with one attached hydrogen (secondary N) is 1. The third-order valence-corrected chi connectivity index (χ3v) is 3.07. The summed E-state index contributed by atoms with van der Waals surface area (Å²) in [4.78, 5) is 23.9. The fourth-order valence-electron chi connectivity index (χ4n) is 1.29. The van der Waals surface area contributed by atoms with Gasteiger partial charge in [-0.25, -0.2) is 0 Å². The van der Waals surface area contributed by atoms with Crippen LogP contribution in [-0.4, -0.2) is 41.5 Å². The van der Waals surface area contributed by atoms with Crippen LogP contribution >= 0.6 is 28.3 Å². The van der Waals surface area contributed by atoms with Gasteiger partial charge in [-0.05, 0) is 38.2 Å². The molecule has 0 aromatic heterocycles. The summed E-state index contributed by atoms with van der Waals surface area (Å²) in [6.45, 7) is 1.57. The van der Waals surface area contributed by atoms with Crippen molar-refractivity contribution in [3.05, 3.63) is 28.7 Å². The Kier molecular flexibility index (Phi) is 7.66. The highest BCUT2D eigenvalue weighted by Crippen LogP contribution is 2.14. The standard InChI is InChI=1S/C12H15BrN2O3.ClH/c1-8(12(17)18)15(2)7-11(16)14-10-5-3-9(13)4-6-10;/h3-6,8H,7H2,1-2H3,(H,14,16)(H,17,18);1H. The third kappa shape index (κ3) is 6.04. The maximum absolute atomic E-state index is 11.7. The van der Waals surface area contributed by atoms with Crippen molar-refractivity contribution in [1.82, 2.24) is 4.90 Å². The number of hydrogen-bond donors (Lipinski definition) is 2. The predicted octanol–water partition coefficient (Wildman–Crippen LogP) is 2.21. The van der Waals surface area contributed by atoms with Gasteiger partial charge in [0.15, 0.2) is 0 Å². The van der Waals surface area contributed by atoms with Crippen LogP contribution < -0.4 is 5.32 Å². The molecule has 2 N–H and O–H groups in total. The van der Waals surface area contributed by atoms with Crippen LogP contribution in [0.3, 0.4) is 0 Å². The first-order chi connectivity index (χ1) is 8.40. The Morgan fingerprint density at radius 2 is 1.89 bits per heavy atom. The Hall–Kier alpha value is -1.11. The molecule has 0 aliphatic rings. The van der Waals surface area contributed by atoms with Gasteiger partial charge < -0.3 is 10.4 Å². The second-order valence-corrected chi connectivity index (χ2v) is 4.90. The largest absolute Gasteiger partial charge is 0.480 e. The molecule has 0 aliphatic heterocycles. The van der Waals surface area contributed by atoms with Crippen molar-refractivity contribution >= 4 is 45.9 Å².